The van der Waals surface area contributed by atoms with Gasteiger partial charge >= 0.3 is 0 Å². The van der Waals surface area contributed by atoms with Crippen LogP contribution in [-0.4, -0.2) is 32.8 Å². The van der Waals surface area contributed by atoms with Crippen LogP contribution in [0.15, 0.2) is 42.6 Å². The summed E-state index contributed by atoms with van der Waals surface area (Å²) in [4.78, 5) is 17.6. The third-order valence-electron chi connectivity index (χ3n) is 4.19. The summed E-state index contributed by atoms with van der Waals surface area (Å²) in [5.41, 5.74) is 8.24. The predicted octanol–water partition coefficient (Wildman–Crippen LogP) is 3.43. The van der Waals surface area contributed by atoms with Crippen LogP contribution in [0.3, 0.4) is 0 Å². The van der Waals surface area contributed by atoms with Crippen LogP contribution in [0, 0.1) is 0 Å². The summed E-state index contributed by atoms with van der Waals surface area (Å²) in [7, 11) is 0. The van der Waals surface area contributed by atoms with Crippen LogP contribution >= 0.6 is 24.8 Å². The molecule has 27 heavy (non-hydrogen) atoms. The lowest BCUT2D eigenvalue weighted by Crippen LogP contribution is -2.48. The summed E-state index contributed by atoms with van der Waals surface area (Å²) < 4.78 is 1.80. The van der Waals surface area contributed by atoms with Crippen molar-refractivity contribution in [2.75, 3.05) is 6.54 Å². The lowest BCUT2D eigenvalue weighted by molar-refractivity contribution is 0.0917. The molecular formula is C19H25Cl2N5O. The summed E-state index contributed by atoms with van der Waals surface area (Å²) in [5, 5.41) is 8.09. The zero-order valence-electron chi connectivity index (χ0n) is 15.6. The van der Waals surface area contributed by atoms with Gasteiger partial charge in [-0.15, -0.1) is 24.8 Å². The molecule has 0 aliphatic carbocycles. The molecule has 0 atom stereocenters. The van der Waals surface area contributed by atoms with E-state index >= 15 is 0 Å². The summed E-state index contributed by atoms with van der Waals surface area (Å²) in [6, 6.07) is 11.6. The van der Waals surface area contributed by atoms with Crippen LogP contribution in [0.5, 0.6) is 0 Å². The number of pyridine rings is 1. The van der Waals surface area contributed by atoms with E-state index in [0.717, 1.165) is 16.6 Å². The van der Waals surface area contributed by atoms with Crippen molar-refractivity contribution in [2.45, 2.75) is 32.9 Å². The smallest absolute Gasteiger partial charge is 0.252 e. The Morgan fingerprint density at radius 2 is 1.89 bits per heavy atom. The molecule has 3 aromatic rings. The first-order chi connectivity index (χ1) is 11.9. The third-order valence-corrected chi connectivity index (χ3v) is 4.19. The second-order valence-electron chi connectivity index (χ2n) is 6.66. The van der Waals surface area contributed by atoms with Gasteiger partial charge in [-0.05, 0) is 26.8 Å². The molecule has 3 N–H and O–H groups in total. The third kappa shape index (κ3) is 4.77. The number of hydrogen-bond donors (Lipinski definition) is 2. The molecule has 3 rings (SSSR count). The maximum absolute atomic E-state index is 12.9. The van der Waals surface area contributed by atoms with Crippen molar-refractivity contribution in [1.29, 1.82) is 0 Å². The first-order valence-corrected chi connectivity index (χ1v) is 8.39. The maximum Gasteiger partial charge on any atom is 0.252 e. The minimum absolute atomic E-state index is 0. The Labute approximate surface area is 171 Å². The molecule has 146 valence electrons. The van der Waals surface area contributed by atoms with Gasteiger partial charge < -0.3 is 11.1 Å². The van der Waals surface area contributed by atoms with Gasteiger partial charge in [-0.25, -0.2) is 9.67 Å². The molecule has 0 aliphatic rings. The topological polar surface area (TPSA) is 85.8 Å². The Kier molecular flexibility index (Phi) is 7.77. The standard InChI is InChI=1S/C19H23N5O.2ClH/c1-4-24-17-15(11-21-24)14(18(25)23-19(2,3)12-20)10-16(22-17)13-8-6-5-7-9-13;;/h5-11H,4,12,20H2,1-3H3,(H,23,25);2*1H. The van der Waals surface area contributed by atoms with E-state index in [0.29, 0.717) is 24.3 Å². The number of hydrogen-bond acceptors (Lipinski definition) is 4. The SMILES string of the molecule is CCn1ncc2c(C(=O)NC(C)(C)CN)cc(-c3ccccc3)nc21.Cl.Cl. The summed E-state index contributed by atoms with van der Waals surface area (Å²) in [6.45, 7) is 6.84. The van der Waals surface area contributed by atoms with Gasteiger partial charge in [-0.2, -0.15) is 5.10 Å². The monoisotopic (exact) mass is 409 g/mol. The van der Waals surface area contributed by atoms with E-state index in [1.807, 2.05) is 57.2 Å². The molecule has 1 aromatic carbocycles. The van der Waals surface area contributed by atoms with E-state index in [4.69, 9.17) is 10.7 Å². The molecule has 0 saturated carbocycles. The summed E-state index contributed by atoms with van der Waals surface area (Å²) in [5.74, 6) is -0.171. The molecule has 2 heterocycles. The van der Waals surface area contributed by atoms with Gasteiger partial charge in [0.15, 0.2) is 5.65 Å². The number of halogens is 2. The lowest BCUT2D eigenvalue weighted by atomic mass is 10.0. The minimum atomic E-state index is -0.486. The van der Waals surface area contributed by atoms with Crippen LogP contribution in [0.1, 0.15) is 31.1 Å². The summed E-state index contributed by atoms with van der Waals surface area (Å²) >= 11 is 0. The average molecular weight is 410 g/mol. The molecule has 2 aromatic heterocycles. The van der Waals surface area contributed by atoms with Crippen molar-refractivity contribution < 1.29 is 4.79 Å². The fourth-order valence-electron chi connectivity index (χ4n) is 2.65. The number of nitrogens with one attached hydrogen (secondary N) is 1. The molecule has 0 unspecified atom stereocenters. The van der Waals surface area contributed by atoms with Crippen molar-refractivity contribution in [3.63, 3.8) is 0 Å². The maximum atomic E-state index is 12.9. The zero-order chi connectivity index (χ0) is 18.0. The van der Waals surface area contributed by atoms with Gasteiger partial charge in [0.25, 0.3) is 5.91 Å². The van der Waals surface area contributed by atoms with Gasteiger partial charge in [0, 0.05) is 24.2 Å². The first-order valence-electron chi connectivity index (χ1n) is 8.39. The van der Waals surface area contributed by atoms with Crippen LogP contribution in [-0.2, 0) is 6.54 Å². The van der Waals surface area contributed by atoms with Crippen LogP contribution in [0.2, 0.25) is 0 Å². The number of carbonyl (C=O) groups is 1. The number of fused-ring (bicyclic) bond motifs is 1. The lowest BCUT2D eigenvalue weighted by Gasteiger charge is -2.24. The molecule has 0 aliphatic heterocycles. The molecule has 1 amide bonds. The molecule has 0 saturated heterocycles. The van der Waals surface area contributed by atoms with Gasteiger partial charge in [-0.1, -0.05) is 30.3 Å². The van der Waals surface area contributed by atoms with Crippen LogP contribution in [0.25, 0.3) is 22.3 Å². The summed E-state index contributed by atoms with van der Waals surface area (Å²) in [6.07, 6.45) is 1.70. The van der Waals surface area contributed by atoms with Crippen molar-refractivity contribution in [2.24, 2.45) is 5.73 Å². The number of rotatable bonds is 5. The van der Waals surface area contributed by atoms with Gasteiger partial charge in [0.1, 0.15) is 0 Å². The Morgan fingerprint density at radius 3 is 2.48 bits per heavy atom. The fourth-order valence-corrected chi connectivity index (χ4v) is 2.65. The Morgan fingerprint density at radius 1 is 1.22 bits per heavy atom. The normalized spacial score (nSPS) is 10.8. The largest absolute Gasteiger partial charge is 0.346 e. The van der Waals surface area contributed by atoms with E-state index < -0.39 is 5.54 Å². The van der Waals surface area contributed by atoms with E-state index in [1.165, 1.54) is 0 Å². The van der Waals surface area contributed by atoms with Gasteiger partial charge in [-0.3, -0.25) is 4.79 Å². The Balaban J connectivity index is 0.00000182. The van der Waals surface area contributed by atoms with Gasteiger partial charge in [0.05, 0.1) is 22.8 Å². The number of aryl methyl sites for hydroxylation is 1. The van der Waals surface area contributed by atoms with E-state index in [2.05, 4.69) is 10.4 Å². The van der Waals surface area contributed by atoms with E-state index in [1.54, 1.807) is 10.9 Å². The highest BCUT2D eigenvalue weighted by Crippen LogP contribution is 2.25. The highest BCUT2D eigenvalue weighted by atomic mass is 35.5. The number of nitrogens with two attached hydrogens (primary N) is 1. The first kappa shape index (κ1) is 22.9. The van der Waals surface area contributed by atoms with Crippen molar-refractivity contribution in [1.82, 2.24) is 20.1 Å². The van der Waals surface area contributed by atoms with Crippen molar-refractivity contribution in [3.05, 3.63) is 48.2 Å². The average Bonchev–Trinajstić information content (AvgIpc) is 3.04. The molecule has 0 radical (unpaired) electrons. The quantitative estimate of drug-likeness (QED) is 0.675. The number of amides is 1. The molecular weight excluding hydrogens is 385 g/mol. The number of carbonyl (C=O) groups excluding carboxylic acids is 1. The van der Waals surface area contributed by atoms with Crippen molar-refractivity contribution >= 4 is 41.8 Å². The fraction of sp³-hybridized carbons (Fsp3) is 0.316. The van der Waals surface area contributed by atoms with Crippen molar-refractivity contribution in [3.8, 4) is 11.3 Å². The number of nitrogens with zero attached hydrogens (tertiary/aromatic N) is 3. The molecule has 6 nitrogen and oxygen atoms in total. The van der Waals surface area contributed by atoms with E-state index in [-0.39, 0.29) is 30.7 Å². The van der Waals surface area contributed by atoms with E-state index in [9.17, 15) is 4.79 Å². The highest BCUT2D eigenvalue weighted by molar-refractivity contribution is 6.06. The molecule has 0 fully saturated rings. The van der Waals surface area contributed by atoms with Crippen LogP contribution in [0.4, 0.5) is 0 Å². The highest BCUT2D eigenvalue weighted by Gasteiger charge is 2.23. The number of benzene rings is 1. The Bertz CT molecular complexity index is 909. The second kappa shape index (κ2) is 9.17. The molecule has 8 heteroatoms. The number of aromatic nitrogens is 3. The second-order valence-corrected chi connectivity index (χ2v) is 6.66. The zero-order valence-corrected chi connectivity index (χ0v) is 17.2. The Hall–Kier alpha value is -2.15. The molecule has 0 spiro atoms. The van der Waals surface area contributed by atoms with Gasteiger partial charge in [0.2, 0.25) is 0 Å². The molecule has 0 bridgehead atoms. The van der Waals surface area contributed by atoms with Crippen LogP contribution < -0.4 is 11.1 Å². The predicted molar refractivity (Wildman–Crippen MR) is 114 cm³/mol. The minimum Gasteiger partial charge on any atom is -0.346 e.